The van der Waals surface area contributed by atoms with Crippen molar-refractivity contribution in [2.45, 2.75) is 26.7 Å². The van der Waals surface area contributed by atoms with E-state index in [1.807, 2.05) is 0 Å². The summed E-state index contributed by atoms with van der Waals surface area (Å²) >= 11 is 0. The zero-order chi connectivity index (χ0) is 10.9. The highest BCUT2D eigenvalue weighted by Gasteiger charge is 2.38. The normalized spacial score (nSPS) is 27.6. The van der Waals surface area contributed by atoms with Gasteiger partial charge in [0.1, 0.15) is 23.1 Å². The van der Waals surface area contributed by atoms with E-state index in [2.05, 4.69) is 0 Å². The molecule has 0 aromatic carbocycles. The summed E-state index contributed by atoms with van der Waals surface area (Å²) in [6.07, 6.45) is -0.198. The minimum Gasteiger partial charge on any atom is -0.299 e. The number of ketones is 4. The predicted molar refractivity (Wildman–Crippen MR) is 47.6 cm³/mol. The van der Waals surface area contributed by atoms with Crippen LogP contribution in [-0.2, 0) is 19.2 Å². The molecule has 0 N–H and O–H groups in total. The molecule has 0 heterocycles. The van der Waals surface area contributed by atoms with Crippen molar-refractivity contribution in [2.24, 2.45) is 11.8 Å². The molecule has 1 saturated carbocycles. The molecule has 0 saturated heterocycles. The van der Waals surface area contributed by atoms with Gasteiger partial charge in [-0.2, -0.15) is 0 Å². The van der Waals surface area contributed by atoms with E-state index in [1.165, 1.54) is 13.8 Å². The SMILES string of the molecule is CC(=O)C1CC(=O)C(C(C)=O)CC1=O. The van der Waals surface area contributed by atoms with Gasteiger partial charge in [-0.15, -0.1) is 0 Å². The molecular formula is C10H12O4. The summed E-state index contributed by atoms with van der Waals surface area (Å²) in [5.41, 5.74) is 0. The Balaban J connectivity index is 2.82. The molecule has 0 aromatic rings. The van der Waals surface area contributed by atoms with Crippen molar-refractivity contribution in [3.05, 3.63) is 0 Å². The van der Waals surface area contributed by atoms with Crippen molar-refractivity contribution in [1.29, 1.82) is 0 Å². The minimum atomic E-state index is -0.807. The monoisotopic (exact) mass is 196 g/mol. The molecule has 2 atom stereocenters. The Labute approximate surface area is 81.7 Å². The molecule has 1 fully saturated rings. The van der Waals surface area contributed by atoms with Crippen LogP contribution in [0.2, 0.25) is 0 Å². The van der Waals surface area contributed by atoms with Crippen LogP contribution in [0.1, 0.15) is 26.7 Å². The van der Waals surface area contributed by atoms with Gasteiger partial charge in [0.05, 0.1) is 11.8 Å². The molecule has 0 aliphatic heterocycles. The van der Waals surface area contributed by atoms with Gasteiger partial charge < -0.3 is 0 Å². The van der Waals surface area contributed by atoms with Gasteiger partial charge in [-0.25, -0.2) is 0 Å². The summed E-state index contributed by atoms with van der Waals surface area (Å²) in [7, 11) is 0. The van der Waals surface area contributed by atoms with E-state index in [-0.39, 0.29) is 36.0 Å². The van der Waals surface area contributed by atoms with Gasteiger partial charge in [0.2, 0.25) is 0 Å². The van der Waals surface area contributed by atoms with Crippen molar-refractivity contribution in [3.8, 4) is 0 Å². The summed E-state index contributed by atoms with van der Waals surface area (Å²) in [5, 5.41) is 0. The first-order valence-electron chi connectivity index (χ1n) is 4.49. The van der Waals surface area contributed by atoms with E-state index in [9.17, 15) is 19.2 Å². The highest BCUT2D eigenvalue weighted by atomic mass is 16.2. The number of carbonyl (C=O) groups is 4. The number of Topliss-reactive ketones (excluding diaryl/α,β-unsaturated/α-hetero) is 4. The van der Waals surface area contributed by atoms with E-state index < -0.39 is 11.8 Å². The Hall–Kier alpha value is -1.32. The lowest BCUT2D eigenvalue weighted by molar-refractivity contribution is -0.145. The van der Waals surface area contributed by atoms with Gasteiger partial charge in [-0.05, 0) is 13.8 Å². The van der Waals surface area contributed by atoms with Crippen molar-refractivity contribution < 1.29 is 19.2 Å². The summed E-state index contributed by atoms with van der Waals surface area (Å²) in [6, 6.07) is 0. The van der Waals surface area contributed by atoms with Crippen LogP contribution >= 0.6 is 0 Å². The van der Waals surface area contributed by atoms with E-state index in [4.69, 9.17) is 0 Å². The van der Waals surface area contributed by atoms with Gasteiger partial charge in [0.25, 0.3) is 0 Å². The fourth-order valence-corrected chi connectivity index (χ4v) is 1.66. The van der Waals surface area contributed by atoms with Crippen LogP contribution in [0.5, 0.6) is 0 Å². The standard InChI is InChI=1S/C10H12O4/c1-5(11)7-3-10(14)8(6(2)12)4-9(7)13/h7-8H,3-4H2,1-2H3. The Morgan fingerprint density at radius 3 is 1.43 bits per heavy atom. The molecule has 0 aromatic heterocycles. The Bertz CT molecular complexity index is 284. The second-order valence-electron chi connectivity index (χ2n) is 3.67. The Morgan fingerprint density at radius 2 is 1.21 bits per heavy atom. The van der Waals surface area contributed by atoms with E-state index in [0.717, 1.165) is 0 Å². The molecule has 76 valence electrons. The second-order valence-corrected chi connectivity index (χ2v) is 3.67. The molecule has 14 heavy (non-hydrogen) atoms. The lowest BCUT2D eigenvalue weighted by Crippen LogP contribution is -2.38. The van der Waals surface area contributed by atoms with Crippen LogP contribution in [0.25, 0.3) is 0 Å². The van der Waals surface area contributed by atoms with Crippen LogP contribution in [0.3, 0.4) is 0 Å². The third-order valence-corrected chi connectivity index (χ3v) is 2.57. The molecular weight excluding hydrogens is 184 g/mol. The van der Waals surface area contributed by atoms with E-state index >= 15 is 0 Å². The molecule has 0 spiro atoms. The molecule has 1 rings (SSSR count). The zero-order valence-corrected chi connectivity index (χ0v) is 8.20. The highest BCUT2D eigenvalue weighted by Crippen LogP contribution is 2.24. The largest absolute Gasteiger partial charge is 0.299 e. The molecule has 0 radical (unpaired) electrons. The first kappa shape index (κ1) is 10.8. The van der Waals surface area contributed by atoms with Crippen LogP contribution < -0.4 is 0 Å². The molecule has 4 heteroatoms. The third kappa shape index (κ3) is 1.95. The third-order valence-electron chi connectivity index (χ3n) is 2.57. The number of rotatable bonds is 2. The first-order chi connectivity index (χ1) is 6.43. The summed E-state index contributed by atoms with van der Waals surface area (Å²) in [4.78, 5) is 44.7. The van der Waals surface area contributed by atoms with Crippen LogP contribution in [0.4, 0.5) is 0 Å². The summed E-state index contributed by atoms with van der Waals surface area (Å²) in [6.45, 7) is 2.59. The summed E-state index contributed by atoms with van der Waals surface area (Å²) in [5.74, 6) is -2.75. The van der Waals surface area contributed by atoms with Crippen LogP contribution in [0, 0.1) is 11.8 Å². The smallest absolute Gasteiger partial charge is 0.144 e. The van der Waals surface area contributed by atoms with Gasteiger partial charge in [-0.1, -0.05) is 0 Å². The van der Waals surface area contributed by atoms with Gasteiger partial charge >= 0.3 is 0 Å². The average molecular weight is 196 g/mol. The maximum Gasteiger partial charge on any atom is 0.144 e. The molecule has 0 bridgehead atoms. The number of carbonyl (C=O) groups excluding carboxylic acids is 4. The second kappa shape index (κ2) is 3.82. The summed E-state index contributed by atoms with van der Waals surface area (Å²) < 4.78 is 0. The van der Waals surface area contributed by atoms with E-state index in [1.54, 1.807) is 0 Å². The van der Waals surface area contributed by atoms with Crippen molar-refractivity contribution in [2.75, 3.05) is 0 Å². The molecule has 2 unspecified atom stereocenters. The molecule has 4 nitrogen and oxygen atoms in total. The van der Waals surface area contributed by atoms with E-state index in [0.29, 0.717) is 0 Å². The van der Waals surface area contributed by atoms with Crippen molar-refractivity contribution in [1.82, 2.24) is 0 Å². The molecule has 1 aliphatic rings. The molecule has 0 amide bonds. The maximum atomic E-state index is 11.4. The number of hydrogen-bond donors (Lipinski definition) is 0. The van der Waals surface area contributed by atoms with Gasteiger partial charge in [-0.3, -0.25) is 19.2 Å². The first-order valence-corrected chi connectivity index (χ1v) is 4.49. The fourth-order valence-electron chi connectivity index (χ4n) is 1.66. The quantitative estimate of drug-likeness (QED) is 0.597. The highest BCUT2D eigenvalue weighted by molar-refractivity contribution is 6.14. The lowest BCUT2D eigenvalue weighted by Gasteiger charge is -2.22. The van der Waals surface area contributed by atoms with Crippen LogP contribution in [0.15, 0.2) is 0 Å². The minimum absolute atomic E-state index is 0.0988. The van der Waals surface area contributed by atoms with Gasteiger partial charge in [0, 0.05) is 12.8 Å². The maximum absolute atomic E-state index is 11.4. The lowest BCUT2D eigenvalue weighted by atomic mass is 9.77. The van der Waals surface area contributed by atoms with Crippen LogP contribution in [-0.4, -0.2) is 23.1 Å². The number of hydrogen-bond acceptors (Lipinski definition) is 4. The molecule has 1 aliphatic carbocycles. The van der Waals surface area contributed by atoms with Gasteiger partial charge in [0.15, 0.2) is 0 Å². The zero-order valence-electron chi connectivity index (χ0n) is 8.20. The topological polar surface area (TPSA) is 68.3 Å². The van der Waals surface area contributed by atoms with Crippen molar-refractivity contribution >= 4 is 23.1 Å². The predicted octanol–water partition coefficient (Wildman–Crippen LogP) is 0.329. The fraction of sp³-hybridized carbons (Fsp3) is 0.600. The Morgan fingerprint density at radius 1 is 0.929 bits per heavy atom. The average Bonchev–Trinajstić information content (AvgIpc) is 2.07. The Kier molecular flexibility index (Phi) is 2.93. The van der Waals surface area contributed by atoms with Crippen molar-refractivity contribution in [3.63, 3.8) is 0 Å².